The quantitative estimate of drug-likeness (QED) is 0.635. The molecule has 0 aliphatic heterocycles. The Bertz CT molecular complexity index is 307. The van der Waals surface area contributed by atoms with Crippen molar-refractivity contribution in [3.63, 3.8) is 0 Å². The number of hydrogen-bond donors (Lipinski definition) is 0. The summed E-state index contributed by atoms with van der Waals surface area (Å²) in [6, 6.07) is 1.27. The molecule has 0 bridgehead atoms. The van der Waals surface area contributed by atoms with Crippen LogP contribution in [0.25, 0.3) is 0 Å². The second-order valence-corrected chi connectivity index (χ2v) is 2.97. The summed E-state index contributed by atoms with van der Waals surface area (Å²) in [6.45, 7) is 0. The highest BCUT2D eigenvalue weighted by Crippen LogP contribution is 2.02. The first-order chi connectivity index (χ1) is 4.63. The molecule has 0 fully saturated rings. The van der Waals surface area contributed by atoms with E-state index in [0.717, 1.165) is 0 Å². The van der Waals surface area contributed by atoms with Crippen LogP contribution in [0.3, 0.4) is 0 Å². The molecule has 0 amide bonds. The Labute approximate surface area is 70.8 Å². The van der Waals surface area contributed by atoms with Crippen LogP contribution in [-0.2, 0) is 7.05 Å². The molecule has 0 aliphatic rings. The molecule has 0 saturated carbocycles. The average Bonchev–Trinajstić information content (AvgIpc) is 1.93. The predicted octanol–water partition coefficient (Wildman–Crippen LogP) is 1.13. The van der Waals surface area contributed by atoms with Crippen LogP contribution in [0.2, 0.25) is 0 Å². The van der Waals surface area contributed by atoms with Crippen molar-refractivity contribution in [1.82, 2.24) is 4.57 Å². The summed E-state index contributed by atoms with van der Waals surface area (Å²) in [5.74, 6) is -0.455. The van der Waals surface area contributed by atoms with Gasteiger partial charge in [0.2, 0.25) is 0 Å². The van der Waals surface area contributed by atoms with E-state index >= 15 is 0 Å². The van der Waals surface area contributed by atoms with Gasteiger partial charge in [0.25, 0.3) is 5.56 Å². The zero-order valence-corrected chi connectivity index (χ0v) is 7.42. The van der Waals surface area contributed by atoms with Crippen LogP contribution in [0.5, 0.6) is 0 Å². The van der Waals surface area contributed by atoms with Gasteiger partial charge in [-0.05, 0) is 28.7 Å². The molecular formula is C6H5FINO. The molecule has 0 N–H and O–H groups in total. The fraction of sp³-hybridized carbons (Fsp3) is 0.167. The summed E-state index contributed by atoms with van der Waals surface area (Å²) >= 11 is 1.69. The van der Waals surface area contributed by atoms with Crippen LogP contribution in [0.1, 0.15) is 0 Å². The van der Waals surface area contributed by atoms with Gasteiger partial charge in [0, 0.05) is 13.2 Å². The van der Waals surface area contributed by atoms with Gasteiger partial charge < -0.3 is 4.57 Å². The Kier molecular flexibility index (Phi) is 2.08. The molecule has 0 aliphatic carbocycles. The van der Waals surface area contributed by atoms with Crippen LogP contribution < -0.4 is 5.56 Å². The van der Waals surface area contributed by atoms with Crippen molar-refractivity contribution in [2.75, 3.05) is 0 Å². The van der Waals surface area contributed by atoms with Gasteiger partial charge in [-0.25, -0.2) is 4.39 Å². The van der Waals surface area contributed by atoms with E-state index in [1.807, 2.05) is 0 Å². The van der Waals surface area contributed by atoms with Crippen molar-refractivity contribution in [3.8, 4) is 0 Å². The van der Waals surface area contributed by atoms with E-state index in [0.29, 0.717) is 0 Å². The third kappa shape index (κ3) is 1.21. The number of nitrogens with zero attached hydrogens (tertiary/aromatic N) is 1. The molecule has 1 heterocycles. The first-order valence-corrected chi connectivity index (χ1v) is 3.71. The third-order valence-corrected chi connectivity index (χ3v) is 2.14. The summed E-state index contributed by atoms with van der Waals surface area (Å²) in [4.78, 5) is 10.9. The number of halogens is 2. The fourth-order valence-electron chi connectivity index (χ4n) is 0.575. The molecule has 0 radical (unpaired) electrons. The Morgan fingerprint density at radius 3 is 2.80 bits per heavy atom. The molecule has 0 aromatic carbocycles. The van der Waals surface area contributed by atoms with Gasteiger partial charge in [0.1, 0.15) is 9.39 Å². The van der Waals surface area contributed by atoms with Gasteiger partial charge in [-0.1, -0.05) is 0 Å². The molecule has 0 atom stereocenters. The van der Waals surface area contributed by atoms with Crippen molar-refractivity contribution in [2.45, 2.75) is 0 Å². The van der Waals surface area contributed by atoms with Crippen molar-refractivity contribution in [2.24, 2.45) is 7.05 Å². The maximum atomic E-state index is 12.5. The molecule has 1 rings (SSSR count). The molecule has 0 spiro atoms. The van der Waals surface area contributed by atoms with Crippen LogP contribution in [0, 0.1) is 9.39 Å². The van der Waals surface area contributed by atoms with Crippen LogP contribution in [0.4, 0.5) is 4.39 Å². The lowest BCUT2D eigenvalue weighted by atomic mass is 10.5. The molecule has 0 saturated heterocycles. The molecule has 2 nitrogen and oxygen atoms in total. The Balaban J connectivity index is 3.50. The highest BCUT2D eigenvalue weighted by atomic mass is 127. The minimum atomic E-state index is -0.455. The number of hydrogen-bond acceptors (Lipinski definition) is 1. The van der Waals surface area contributed by atoms with Gasteiger partial charge in [-0.2, -0.15) is 0 Å². The standard InChI is InChI=1S/C6H5FINO/c1-9-3-2-4(7)5(8)6(9)10/h2-3H,1H3. The Hall–Kier alpha value is -0.390. The van der Waals surface area contributed by atoms with Crippen LogP contribution >= 0.6 is 22.6 Å². The molecular weight excluding hydrogens is 248 g/mol. The second-order valence-electron chi connectivity index (χ2n) is 1.89. The van der Waals surface area contributed by atoms with Crippen LogP contribution in [-0.4, -0.2) is 4.57 Å². The zero-order valence-electron chi connectivity index (χ0n) is 5.27. The van der Waals surface area contributed by atoms with Crippen molar-refractivity contribution < 1.29 is 4.39 Å². The largest absolute Gasteiger partial charge is 0.318 e. The topological polar surface area (TPSA) is 22.0 Å². The first-order valence-electron chi connectivity index (χ1n) is 2.63. The molecule has 1 aromatic heterocycles. The van der Waals surface area contributed by atoms with E-state index in [1.165, 1.54) is 16.8 Å². The Morgan fingerprint density at radius 1 is 1.70 bits per heavy atom. The molecule has 10 heavy (non-hydrogen) atoms. The van der Waals surface area contributed by atoms with E-state index in [1.54, 1.807) is 29.6 Å². The summed E-state index contributed by atoms with van der Waals surface area (Å²) in [5, 5.41) is 0. The minimum Gasteiger partial charge on any atom is -0.318 e. The molecule has 54 valence electrons. The number of pyridine rings is 1. The number of aromatic nitrogens is 1. The van der Waals surface area contributed by atoms with E-state index < -0.39 is 5.82 Å². The SMILES string of the molecule is Cn1ccc(F)c(I)c1=O. The number of rotatable bonds is 0. The van der Waals surface area contributed by atoms with Crippen molar-refractivity contribution >= 4 is 22.6 Å². The van der Waals surface area contributed by atoms with Gasteiger partial charge in [0.05, 0.1) is 0 Å². The Morgan fingerprint density at radius 2 is 2.30 bits per heavy atom. The maximum absolute atomic E-state index is 12.5. The highest BCUT2D eigenvalue weighted by Gasteiger charge is 2.02. The van der Waals surface area contributed by atoms with E-state index in [2.05, 4.69) is 0 Å². The minimum absolute atomic E-state index is 0.141. The molecule has 4 heteroatoms. The van der Waals surface area contributed by atoms with Gasteiger partial charge in [0.15, 0.2) is 0 Å². The van der Waals surface area contributed by atoms with E-state index in [4.69, 9.17) is 0 Å². The first kappa shape index (κ1) is 7.71. The predicted molar refractivity (Wildman–Crippen MR) is 44.4 cm³/mol. The van der Waals surface area contributed by atoms with Gasteiger partial charge in [-0.15, -0.1) is 0 Å². The van der Waals surface area contributed by atoms with Crippen LogP contribution in [0.15, 0.2) is 17.1 Å². The lowest BCUT2D eigenvalue weighted by Crippen LogP contribution is -2.19. The molecule has 0 unspecified atom stereocenters. The van der Waals surface area contributed by atoms with Gasteiger partial charge in [-0.3, -0.25) is 4.79 Å². The fourth-order valence-corrected chi connectivity index (χ4v) is 1.14. The monoisotopic (exact) mass is 253 g/mol. The summed E-state index contributed by atoms with van der Waals surface area (Å²) in [6.07, 6.45) is 1.40. The maximum Gasteiger partial charge on any atom is 0.266 e. The zero-order chi connectivity index (χ0) is 7.72. The lowest BCUT2D eigenvalue weighted by Gasteiger charge is -1.96. The summed E-state index contributed by atoms with van der Waals surface area (Å²) < 4.78 is 14.0. The third-order valence-electron chi connectivity index (χ3n) is 1.16. The summed E-state index contributed by atoms with van der Waals surface area (Å²) in [7, 11) is 1.59. The van der Waals surface area contributed by atoms with E-state index in [-0.39, 0.29) is 9.13 Å². The average molecular weight is 253 g/mol. The smallest absolute Gasteiger partial charge is 0.266 e. The normalized spacial score (nSPS) is 9.90. The lowest BCUT2D eigenvalue weighted by molar-refractivity contribution is 0.607. The summed E-state index contributed by atoms with van der Waals surface area (Å²) in [5.41, 5.74) is -0.291. The second kappa shape index (κ2) is 2.69. The van der Waals surface area contributed by atoms with Crippen molar-refractivity contribution in [3.05, 3.63) is 32.0 Å². The van der Waals surface area contributed by atoms with E-state index in [9.17, 15) is 9.18 Å². The van der Waals surface area contributed by atoms with Crippen molar-refractivity contribution in [1.29, 1.82) is 0 Å². The van der Waals surface area contributed by atoms with Gasteiger partial charge >= 0.3 is 0 Å². The molecule has 1 aromatic rings. The number of aryl methyl sites for hydroxylation is 1. The highest BCUT2D eigenvalue weighted by molar-refractivity contribution is 14.1.